The van der Waals surface area contributed by atoms with Gasteiger partial charge in [0.2, 0.25) is 0 Å². The van der Waals surface area contributed by atoms with E-state index in [0.717, 1.165) is 34.9 Å². The lowest BCUT2D eigenvalue weighted by molar-refractivity contribution is 0.276. The Morgan fingerprint density at radius 2 is 2.25 bits per heavy atom. The standard InChI is InChI=1S/C12H11ClN2O/c13-9-2-1-3-11-8(9)4-5-12-10(6-16)14-7-15(11)12/h1-3,7,16H,4-6H2. The van der Waals surface area contributed by atoms with Gasteiger partial charge < -0.3 is 9.67 Å². The molecule has 0 radical (unpaired) electrons. The maximum Gasteiger partial charge on any atom is 0.0998 e. The van der Waals surface area contributed by atoms with E-state index in [1.54, 1.807) is 6.33 Å². The third-order valence-electron chi connectivity index (χ3n) is 3.07. The number of aliphatic hydroxyl groups is 1. The topological polar surface area (TPSA) is 38.1 Å². The molecule has 2 aromatic rings. The van der Waals surface area contributed by atoms with Gasteiger partial charge in [-0.15, -0.1) is 0 Å². The Morgan fingerprint density at radius 1 is 1.38 bits per heavy atom. The van der Waals surface area contributed by atoms with E-state index in [9.17, 15) is 5.11 Å². The predicted molar refractivity (Wildman–Crippen MR) is 61.9 cm³/mol. The Balaban J connectivity index is 2.24. The van der Waals surface area contributed by atoms with E-state index in [2.05, 4.69) is 4.98 Å². The molecule has 0 saturated carbocycles. The molecule has 0 unspecified atom stereocenters. The Bertz CT molecular complexity index is 548. The molecule has 1 aromatic carbocycles. The predicted octanol–water partition coefficient (Wildman–Crippen LogP) is 2.12. The normalized spacial score (nSPS) is 13.4. The van der Waals surface area contributed by atoms with Crippen LogP contribution in [0.25, 0.3) is 5.69 Å². The molecule has 0 aliphatic carbocycles. The van der Waals surface area contributed by atoms with Gasteiger partial charge in [0.25, 0.3) is 0 Å². The number of rotatable bonds is 1. The summed E-state index contributed by atoms with van der Waals surface area (Å²) in [6.07, 6.45) is 3.55. The van der Waals surface area contributed by atoms with Crippen LogP contribution in [0.4, 0.5) is 0 Å². The minimum atomic E-state index is -0.00175. The second kappa shape index (κ2) is 3.61. The molecule has 16 heavy (non-hydrogen) atoms. The van der Waals surface area contributed by atoms with Crippen LogP contribution in [0, 0.1) is 0 Å². The maximum absolute atomic E-state index is 9.18. The van der Waals surface area contributed by atoms with Crippen molar-refractivity contribution in [2.75, 3.05) is 0 Å². The van der Waals surface area contributed by atoms with E-state index in [-0.39, 0.29) is 6.61 Å². The van der Waals surface area contributed by atoms with Crippen molar-refractivity contribution < 1.29 is 5.11 Å². The highest BCUT2D eigenvalue weighted by Crippen LogP contribution is 2.30. The molecule has 82 valence electrons. The number of nitrogens with zero attached hydrogens (tertiary/aromatic N) is 2. The van der Waals surface area contributed by atoms with Crippen molar-refractivity contribution in [3.8, 4) is 5.69 Å². The fraction of sp³-hybridized carbons (Fsp3) is 0.250. The van der Waals surface area contributed by atoms with Gasteiger partial charge in [0.1, 0.15) is 0 Å². The Kier molecular flexibility index (Phi) is 2.23. The highest BCUT2D eigenvalue weighted by Gasteiger charge is 2.20. The molecule has 1 aliphatic heterocycles. The average molecular weight is 235 g/mol. The SMILES string of the molecule is OCc1ncn2c1CCc1c(Cl)cccc1-2. The van der Waals surface area contributed by atoms with Crippen LogP contribution < -0.4 is 0 Å². The van der Waals surface area contributed by atoms with Gasteiger partial charge in [0.05, 0.1) is 24.3 Å². The summed E-state index contributed by atoms with van der Waals surface area (Å²) < 4.78 is 2.02. The van der Waals surface area contributed by atoms with Crippen molar-refractivity contribution in [3.05, 3.63) is 46.5 Å². The van der Waals surface area contributed by atoms with Gasteiger partial charge in [-0.3, -0.25) is 0 Å². The molecule has 0 bridgehead atoms. The lowest BCUT2D eigenvalue weighted by atomic mass is 10.0. The molecule has 0 fully saturated rings. The summed E-state index contributed by atoms with van der Waals surface area (Å²) in [5.41, 5.74) is 4.11. The highest BCUT2D eigenvalue weighted by atomic mass is 35.5. The number of aromatic nitrogens is 2. The lowest BCUT2D eigenvalue weighted by Gasteiger charge is -2.20. The molecule has 1 aliphatic rings. The molecule has 2 heterocycles. The smallest absolute Gasteiger partial charge is 0.0998 e. The first-order valence-electron chi connectivity index (χ1n) is 5.25. The van der Waals surface area contributed by atoms with Gasteiger partial charge in [-0.05, 0) is 30.5 Å². The van der Waals surface area contributed by atoms with Gasteiger partial charge in [0.15, 0.2) is 0 Å². The third kappa shape index (κ3) is 1.29. The molecule has 3 rings (SSSR count). The van der Waals surface area contributed by atoms with E-state index in [1.165, 1.54) is 5.56 Å². The largest absolute Gasteiger partial charge is 0.390 e. The summed E-state index contributed by atoms with van der Waals surface area (Å²) in [6, 6.07) is 5.89. The zero-order chi connectivity index (χ0) is 11.1. The third-order valence-corrected chi connectivity index (χ3v) is 3.42. The van der Waals surface area contributed by atoms with Crippen LogP contribution in [0.2, 0.25) is 5.02 Å². The molecule has 0 amide bonds. The van der Waals surface area contributed by atoms with Crippen molar-refractivity contribution in [2.24, 2.45) is 0 Å². The van der Waals surface area contributed by atoms with Gasteiger partial charge in [-0.1, -0.05) is 17.7 Å². The summed E-state index contributed by atoms with van der Waals surface area (Å²) in [6.45, 7) is -0.00175. The molecule has 1 aromatic heterocycles. The zero-order valence-corrected chi connectivity index (χ0v) is 9.41. The molecular weight excluding hydrogens is 224 g/mol. The quantitative estimate of drug-likeness (QED) is 0.821. The van der Waals surface area contributed by atoms with Crippen LogP contribution in [0.1, 0.15) is 17.0 Å². The van der Waals surface area contributed by atoms with Crippen LogP contribution in [0.3, 0.4) is 0 Å². The fourth-order valence-electron chi connectivity index (χ4n) is 2.28. The van der Waals surface area contributed by atoms with Gasteiger partial charge in [0, 0.05) is 10.7 Å². The molecule has 0 spiro atoms. The second-order valence-corrected chi connectivity index (χ2v) is 4.31. The minimum absolute atomic E-state index is 0.00175. The van der Waals surface area contributed by atoms with Crippen molar-refractivity contribution in [3.63, 3.8) is 0 Å². The molecule has 3 nitrogen and oxygen atoms in total. The van der Waals surface area contributed by atoms with Crippen LogP contribution in [-0.4, -0.2) is 14.7 Å². The first kappa shape index (κ1) is 9.87. The van der Waals surface area contributed by atoms with Crippen molar-refractivity contribution in [1.29, 1.82) is 0 Å². The summed E-state index contributed by atoms with van der Waals surface area (Å²) in [7, 11) is 0. The van der Waals surface area contributed by atoms with E-state index in [1.807, 2.05) is 22.8 Å². The molecule has 0 saturated heterocycles. The molecule has 0 atom stereocenters. The maximum atomic E-state index is 9.18. The van der Waals surface area contributed by atoms with Crippen molar-refractivity contribution in [1.82, 2.24) is 9.55 Å². The molecule has 1 N–H and O–H groups in total. The highest BCUT2D eigenvalue weighted by molar-refractivity contribution is 6.31. The summed E-state index contributed by atoms with van der Waals surface area (Å²) in [4.78, 5) is 4.21. The average Bonchev–Trinajstić information content (AvgIpc) is 2.72. The van der Waals surface area contributed by atoms with Crippen LogP contribution in [-0.2, 0) is 19.4 Å². The van der Waals surface area contributed by atoms with Crippen LogP contribution >= 0.6 is 11.6 Å². The Labute approximate surface area is 98.3 Å². The van der Waals surface area contributed by atoms with Crippen LogP contribution in [0.15, 0.2) is 24.5 Å². The first-order valence-corrected chi connectivity index (χ1v) is 5.63. The molecular formula is C12H11ClN2O. The fourth-order valence-corrected chi connectivity index (χ4v) is 2.54. The number of halogens is 1. The number of hydrogen-bond donors (Lipinski definition) is 1. The summed E-state index contributed by atoms with van der Waals surface area (Å²) >= 11 is 6.17. The number of imidazole rings is 1. The van der Waals surface area contributed by atoms with Gasteiger partial charge in [-0.2, -0.15) is 0 Å². The Hall–Kier alpha value is -1.32. The van der Waals surface area contributed by atoms with Crippen LogP contribution in [0.5, 0.6) is 0 Å². The lowest BCUT2D eigenvalue weighted by Crippen LogP contribution is -2.12. The summed E-state index contributed by atoms with van der Waals surface area (Å²) in [5.74, 6) is 0. The van der Waals surface area contributed by atoms with Gasteiger partial charge >= 0.3 is 0 Å². The van der Waals surface area contributed by atoms with E-state index in [4.69, 9.17) is 11.6 Å². The van der Waals surface area contributed by atoms with Crippen molar-refractivity contribution in [2.45, 2.75) is 19.4 Å². The Morgan fingerprint density at radius 3 is 3.06 bits per heavy atom. The first-order chi connectivity index (χ1) is 7.81. The van der Waals surface area contributed by atoms with Gasteiger partial charge in [-0.25, -0.2) is 4.98 Å². The molecule has 4 heteroatoms. The monoisotopic (exact) mass is 234 g/mol. The minimum Gasteiger partial charge on any atom is -0.390 e. The number of benzene rings is 1. The van der Waals surface area contributed by atoms with E-state index >= 15 is 0 Å². The zero-order valence-electron chi connectivity index (χ0n) is 8.65. The second-order valence-electron chi connectivity index (χ2n) is 3.90. The number of aliphatic hydroxyl groups excluding tert-OH is 1. The van der Waals surface area contributed by atoms with E-state index < -0.39 is 0 Å². The van der Waals surface area contributed by atoms with E-state index in [0.29, 0.717) is 0 Å². The summed E-state index contributed by atoms with van der Waals surface area (Å²) in [5, 5.41) is 9.99. The number of fused-ring (bicyclic) bond motifs is 3. The van der Waals surface area contributed by atoms with Crippen molar-refractivity contribution >= 4 is 11.6 Å². The number of hydrogen-bond acceptors (Lipinski definition) is 2.